The highest BCUT2D eigenvalue weighted by Crippen LogP contribution is 2.36. The van der Waals surface area contributed by atoms with Crippen molar-refractivity contribution < 1.29 is 36.4 Å². The maximum Gasteiger partial charge on any atom is 0.465 e. The SMILES string of the molecule is O=C(OCCc1cccc([N+](=O)[O-])c1)C(F)(F)C(F)(F)F. The molecule has 0 saturated heterocycles. The molecule has 0 spiro atoms. The quantitative estimate of drug-likeness (QED) is 0.363. The molecule has 0 aromatic heterocycles. The van der Waals surface area contributed by atoms with Crippen molar-refractivity contribution in [2.45, 2.75) is 18.5 Å². The van der Waals surface area contributed by atoms with Crippen LogP contribution in [0.25, 0.3) is 0 Å². The van der Waals surface area contributed by atoms with Gasteiger partial charge in [-0.05, 0) is 5.56 Å². The third-order valence-corrected chi connectivity index (χ3v) is 2.36. The van der Waals surface area contributed by atoms with E-state index in [4.69, 9.17) is 0 Å². The summed E-state index contributed by atoms with van der Waals surface area (Å²) in [6.45, 7) is -0.758. The van der Waals surface area contributed by atoms with Crippen LogP contribution in [0.15, 0.2) is 24.3 Å². The average molecular weight is 313 g/mol. The molecule has 1 aromatic carbocycles. The van der Waals surface area contributed by atoms with Crippen LogP contribution < -0.4 is 0 Å². The van der Waals surface area contributed by atoms with Crippen molar-refractivity contribution in [2.24, 2.45) is 0 Å². The zero-order chi connectivity index (χ0) is 16.3. The minimum Gasteiger partial charge on any atom is -0.461 e. The van der Waals surface area contributed by atoms with E-state index in [9.17, 15) is 36.9 Å². The number of benzene rings is 1. The molecule has 21 heavy (non-hydrogen) atoms. The summed E-state index contributed by atoms with van der Waals surface area (Å²) in [4.78, 5) is 20.4. The molecular weight excluding hydrogens is 305 g/mol. The largest absolute Gasteiger partial charge is 0.465 e. The Bertz CT molecular complexity index is 544. The van der Waals surface area contributed by atoms with Gasteiger partial charge in [0.1, 0.15) is 0 Å². The first-order valence-electron chi connectivity index (χ1n) is 5.41. The zero-order valence-corrected chi connectivity index (χ0v) is 10.2. The molecule has 0 aliphatic heterocycles. The van der Waals surface area contributed by atoms with Crippen molar-refractivity contribution in [1.29, 1.82) is 0 Å². The number of halogens is 5. The Hall–Kier alpha value is -2.26. The highest BCUT2D eigenvalue weighted by Gasteiger charge is 2.64. The van der Waals surface area contributed by atoms with E-state index in [1.54, 1.807) is 0 Å². The number of nitro groups is 1. The van der Waals surface area contributed by atoms with Crippen LogP contribution in [-0.4, -0.2) is 29.6 Å². The molecule has 0 heterocycles. The summed E-state index contributed by atoms with van der Waals surface area (Å²) in [7, 11) is 0. The Labute approximate surface area is 114 Å². The van der Waals surface area contributed by atoms with Crippen molar-refractivity contribution in [3.8, 4) is 0 Å². The van der Waals surface area contributed by atoms with Gasteiger partial charge in [0, 0.05) is 18.6 Å². The molecule has 1 aromatic rings. The number of nitrogens with zero attached hydrogens (tertiary/aromatic N) is 1. The summed E-state index contributed by atoms with van der Waals surface area (Å²) in [6, 6.07) is 4.95. The number of carbonyl (C=O) groups is 1. The number of carbonyl (C=O) groups excluding carboxylic acids is 1. The lowest BCUT2D eigenvalue weighted by molar-refractivity contribution is -0.384. The maximum atomic E-state index is 12.5. The molecule has 116 valence electrons. The summed E-state index contributed by atoms with van der Waals surface area (Å²) in [5.74, 6) is -8.30. The van der Waals surface area contributed by atoms with E-state index >= 15 is 0 Å². The predicted octanol–water partition coefficient (Wildman–Crippen LogP) is 2.88. The lowest BCUT2D eigenvalue weighted by Gasteiger charge is -2.17. The van der Waals surface area contributed by atoms with Crippen LogP contribution in [0.3, 0.4) is 0 Å². The maximum absolute atomic E-state index is 12.5. The van der Waals surface area contributed by atoms with Gasteiger partial charge in [-0.2, -0.15) is 22.0 Å². The summed E-state index contributed by atoms with van der Waals surface area (Å²) < 4.78 is 64.5. The zero-order valence-electron chi connectivity index (χ0n) is 10.2. The van der Waals surface area contributed by atoms with Crippen LogP contribution >= 0.6 is 0 Å². The number of non-ortho nitro benzene ring substituents is 1. The van der Waals surface area contributed by atoms with Crippen LogP contribution in [0.1, 0.15) is 5.56 Å². The number of nitro benzene ring substituents is 1. The highest BCUT2D eigenvalue weighted by atomic mass is 19.4. The van der Waals surface area contributed by atoms with Crippen LogP contribution in [0.2, 0.25) is 0 Å². The first-order valence-corrected chi connectivity index (χ1v) is 5.41. The fraction of sp³-hybridized carbons (Fsp3) is 0.364. The Morgan fingerprint density at radius 1 is 1.24 bits per heavy atom. The third kappa shape index (κ3) is 4.10. The number of esters is 1. The van der Waals surface area contributed by atoms with Gasteiger partial charge in [0.2, 0.25) is 0 Å². The molecule has 0 aliphatic carbocycles. The van der Waals surface area contributed by atoms with E-state index in [-0.39, 0.29) is 17.7 Å². The number of rotatable bonds is 5. The van der Waals surface area contributed by atoms with Gasteiger partial charge < -0.3 is 4.74 Å². The van der Waals surface area contributed by atoms with E-state index in [2.05, 4.69) is 4.74 Å². The summed E-state index contributed by atoms with van der Waals surface area (Å²) >= 11 is 0. The molecule has 5 nitrogen and oxygen atoms in total. The normalized spacial score (nSPS) is 12.0. The molecule has 0 fully saturated rings. The van der Waals surface area contributed by atoms with Gasteiger partial charge in [-0.25, -0.2) is 4.79 Å². The van der Waals surface area contributed by atoms with Crippen molar-refractivity contribution in [3.05, 3.63) is 39.9 Å². The third-order valence-electron chi connectivity index (χ3n) is 2.36. The van der Waals surface area contributed by atoms with Gasteiger partial charge in [0.05, 0.1) is 11.5 Å². The standard InChI is InChI=1S/C11H8F5NO4/c12-10(13,11(14,15)16)9(18)21-5-4-7-2-1-3-8(6-7)17(19)20/h1-3,6H,4-5H2. The molecule has 0 aliphatic rings. The van der Waals surface area contributed by atoms with E-state index < -0.39 is 29.6 Å². The van der Waals surface area contributed by atoms with Crippen LogP contribution in [0, 0.1) is 10.1 Å². The first kappa shape index (κ1) is 16.8. The second-order valence-corrected chi connectivity index (χ2v) is 3.89. The van der Waals surface area contributed by atoms with Gasteiger partial charge in [0.15, 0.2) is 0 Å². The van der Waals surface area contributed by atoms with Gasteiger partial charge in [0.25, 0.3) is 5.69 Å². The Morgan fingerprint density at radius 2 is 1.86 bits per heavy atom. The molecule has 0 bridgehead atoms. The van der Waals surface area contributed by atoms with Gasteiger partial charge in [-0.3, -0.25) is 10.1 Å². The molecule has 0 amide bonds. The number of alkyl halides is 5. The smallest absolute Gasteiger partial charge is 0.461 e. The molecule has 1 rings (SSSR count). The molecule has 0 N–H and O–H groups in total. The summed E-state index contributed by atoms with van der Waals surface area (Å²) in [5, 5.41) is 10.5. The number of ether oxygens (including phenoxy) is 1. The molecule has 0 radical (unpaired) electrons. The van der Waals surface area contributed by atoms with Crippen LogP contribution in [0.5, 0.6) is 0 Å². The topological polar surface area (TPSA) is 69.4 Å². The number of hydrogen-bond acceptors (Lipinski definition) is 4. The molecule has 0 unspecified atom stereocenters. The second kappa shape index (κ2) is 6.02. The second-order valence-electron chi connectivity index (χ2n) is 3.89. The van der Waals surface area contributed by atoms with Crippen LogP contribution in [0.4, 0.5) is 27.6 Å². The Kier molecular flexibility index (Phi) is 4.81. The van der Waals surface area contributed by atoms with E-state index in [0.717, 1.165) is 6.07 Å². The predicted molar refractivity (Wildman–Crippen MR) is 58.8 cm³/mol. The lowest BCUT2D eigenvalue weighted by Crippen LogP contribution is -2.45. The van der Waals surface area contributed by atoms with E-state index in [0.29, 0.717) is 0 Å². The lowest BCUT2D eigenvalue weighted by atomic mass is 10.1. The van der Waals surface area contributed by atoms with Crippen LogP contribution in [-0.2, 0) is 16.0 Å². The van der Waals surface area contributed by atoms with Gasteiger partial charge >= 0.3 is 18.1 Å². The number of hydrogen-bond donors (Lipinski definition) is 0. The minimum absolute atomic E-state index is 0.235. The minimum atomic E-state index is -6.03. The van der Waals surface area contributed by atoms with Gasteiger partial charge in [-0.15, -0.1) is 0 Å². The molecule has 0 saturated carbocycles. The van der Waals surface area contributed by atoms with Crippen molar-refractivity contribution >= 4 is 11.7 Å². The molecule has 0 atom stereocenters. The molecule has 10 heteroatoms. The summed E-state index contributed by atoms with van der Waals surface area (Å²) in [6.07, 6.45) is -6.27. The highest BCUT2D eigenvalue weighted by molar-refractivity contribution is 5.78. The summed E-state index contributed by atoms with van der Waals surface area (Å²) in [5.41, 5.74) is -0.0215. The first-order chi connectivity index (χ1) is 9.55. The van der Waals surface area contributed by atoms with Gasteiger partial charge in [-0.1, -0.05) is 12.1 Å². The molecular formula is C11H8F5NO4. The van der Waals surface area contributed by atoms with E-state index in [1.807, 2.05) is 0 Å². The van der Waals surface area contributed by atoms with Crippen molar-refractivity contribution in [1.82, 2.24) is 0 Å². The van der Waals surface area contributed by atoms with Crippen molar-refractivity contribution in [3.63, 3.8) is 0 Å². The Balaban J connectivity index is 2.60. The fourth-order valence-corrected chi connectivity index (χ4v) is 1.29. The monoisotopic (exact) mass is 313 g/mol. The van der Waals surface area contributed by atoms with E-state index in [1.165, 1.54) is 18.2 Å². The average Bonchev–Trinajstić information content (AvgIpc) is 2.37. The van der Waals surface area contributed by atoms with Crippen molar-refractivity contribution in [2.75, 3.05) is 6.61 Å². The fourth-order valence-electron chi connectivity index (χ4n) is 1.29. The Morgan fingerprint density at radius 3 is 2.38 bits per heavy atom.